The summed E-state index contributed by atoms with van der Waals surface area (Å²) < 4.78 is 13.0. The Morgan fingerprint density at radius 2 is 2.11 bits per heavy atom. The molecule has 0 unspecified atom stereocenters. The van der Waals surface area contributed by atoms with E-state index in [1.165, 1.54) is 18.6 Å². The minimum atomic E-state index is -0.200. The normalized spacial score (nSPS) is 17.6. The zero-order valence-corrected chi connectivity index (χ0v) is 11.0. The van der Waals surface area contributed by atoms with Crippen molar-refractivity contribution in [2.24, 2.45) is 10.7 Å². The van der Waals surface area contributed by atoms with Crippen molar-refractivity contribution in [3.63, 3.8) is 0 Å². The number of hydrogen-bond acceptors (Lipinski definition) is 1. The molecule has 2 rings (SSSR count). The van der Waals surface area contributed by atoms with Crippen molar-refractivity contribution in [1.29, 1.82) is 0 Å². The predicted molar refractivity (Wildman–Crippen MR) is 76.6 cm³/mol. The predicted octanol–water partition coefficient (Wildman–Crippen LogP) is 2.34. The third-order valence-corrected chi connectivity index (χ3v) is 3.75. The van der Waals surface area contributed by atoms with Crippen LogP contribution in [-0.4, -0.2) is 19.0 Å². The molecular weight excluding hydrogens is 241 g/mol. The standard InChI is InChI=1S/C15H20FN3/c1-2-10-18-14(17)19-11-15(8-3-9-15)12-4-6-13(16)7-5-12/h2,4-7H,1,3,8-11H2,(H3,17,18,19). The zero-order chi connectivity index (χ0) is 13.7. The van der Waals surface area contributed by atoms with E-state index in [-0.39, 0.29) is 11.2 Å². The molecule has 1 aromatic carbocycles. The lowest BCUT2D eigenvalue weighted by atomic mass is 9.64. The molecule has 1 aliphatic carbocycles. The van der Waals surface area contributed by atoms with Crippen molar-refractivity contribution >= 4 is 5.96 Å². The molecule has 3 nitrogen and oxygen atoms in total. The molecule has 0 aliphatic heterocycles. The third kappa shape index (κ3) is 3.13. The Morgan fingerprint density at radius 3 is 2.63 bits per heavy atom. The Morgan fingerprint density at radius 1 is 1.42 bits per heavy atom. The van der Waals surface area contributed by atoms with Crippen molar-refractivity contribution < 1.29 is 4.39 Å². The van der Waals surface area contributed by atoms with Crippen molar-refractivity contribution in [2.75, 3.05) is 13.1 Å². The number of nitrogens with one attached hydrogen (secondary N) is 1. The Kier molecular flexibility index (Phi) is 4.20. The van der Waals surface area contributed by atoms with E-state index in [4.69, 9.17) is 5.73 Å². The summed E-state index contributed by atoms with van der Waals surface area (Å²) in [6, 6.07) is 6.74. The van der Waals surface area contributed by atoms with Crippen molar-refractivity contribution in [1.82, 2.24) is 5.32 Å². The highest BCUT2D eigenvalue weighted by molar-refractivity contribution is 5.78. The third-order valence-electron chi connectivity index (χ3n) is 3.75. The number of aliphatic imine (C=N–C) groups is 1. The molecule has 0 radical (unpaired) electrons. The Labute approximate surface area is 113 Å². The van der Waals surface area contributed by atoms with Crippen LogP contribution in [0.15, 0.2) is 41.9 Å². The van der Waals surface area contributed by atoms with Crippen LogP contribution in [0.2, 0.25) is 0 Å². The molecule has 0 heterocycles. The van der Waals surface area contributed by atoms with Gasteiger partial charge in [-0.2, -0.15) is 0 Å². The number of rotatable bonds is 5. The van der Waals surface area contributed by atoms with E-state index in [2.05, 4.69) is 16.9 Å². The maximum Gasteiger partial charge on any atom is 0.188 e. The first-order valence-corrected chi connectivity index (χ1v) is 6.57. The summed E-state index contributed by atoms with van der Waals surface area (Å²) >= 11 is 0. The van der Waals surface area contributed by atoms with Crippen LogP contribution < -0.4 is 11.1 Å². The van der Waals surface area contributed by atoms with Crippen LogP contribution in [0.1, 0.15) is 24.8 Å². The highest BCUT2D eigenvalue weighted by Gasteiger charge is 2.38. The summed E-state index contributed by atoms with van der Waals surface area (Å²) in [6.07, 6.45) is 5.09. The van der Waals surface area contributed by atoms with Crippen LogP contribution in [-0.2, 0) is 5.41 Å². The molecule has 0 amide bonds. The monoisotopic (exact) mass is 261 g/mol. The quantitative estimate of drug-likeness (QED) is 0.485. The lowest BCUT2D eigenvalue weighted by Crippen LogP contribution is -2.40. The van der Waals surface area contributed by atoms with Crippen molar-refractivity contribution in [2.45, 2.75) is 24.7 Å². The second kappa shape index (κ2) is 5.87. The molecule has 0 spiro atoms. The molecule has 0 saturated heterocycles. The van der Waals surface area contributed by atoms with Crippen LogP contribution in [0.4, 0.5) is 4.39 Å². The minimum absolute atomic E-state index is 0.0359. The molecule has 3 N–H and O–H groups in total. The molecule has 4 heteroatoms. The maximum absolute atomic E-state index is 13.0. The number of halogens is 1. The van der Waals surface area contributed by atoms with Gasteiger partial charge in [0.15, 0.2) is 5.96 Å². The smallest absolute Gasteiger partial charge is 0.188 e. The van der Waals surface area contributed by atoms with Gasteiger partial charge in [0.2, 0.25) is 0 Å². The molecule has 1 saturated carbocycles. The summed E-state index contributed by atoms with van der Waals surface area (Å²) in [6.45, 7) is 4.87. The van der Waals surface area contributed by atoms with Crippen LogP contribution in [0.5, 0.6) is 0 Å². The van der Waals surface area contributed by atoms with Crippen molar-refractivity contribution in [3.8, 4) is 0 Å². The van der Waals surface area contributed by atoms with Gasteiger partial charge in [-0.1, -0.05) is 24.6 Å². The molecule has 19 heavy (non-hydrogen) atoms. The van der Waals surface area contributed by atoms with Gasteiger partial charge in [0.25, 0.3) is 0 Å². The summed E-state index contributed by atoms with van der Waals surface area (Å²) in [5, 5.41) is 2.96. The molecule has 0 bridgehead atoms. The van der Waals surface area contributed by atoms with Gasteiger partial charge in [-0.15, -0.1) is 6.58 Å². The SMILES string of the molecule is C=CCNC(N)=NCC1(c2ccc(F)cc2)CCC1. The Bertz CT molecular complexity index is 461. The lowest BCUT2D eigenvalue weighted by Gasteiger charge is -2.41. The second-order valence-electron chi connectivity index (χ2n) is 5.01. The average Bonchev–Trinajstić information content (AvgIpc) is 2.37. The molecular formula is C15H20FN3. The van der Waals surface area contributed by atoms with Gasteiger partial charge >= 0.3 is 0 Å². The van der Waals surface area contributed by atoms with Gasteiger partial charge in [-0.25, -0.2) is 4.39 Å². The van der Waals surface area contributed by atoms with Crippen LogP contribution >= 0.6 is 0 Å². The van der Waals surface area contributed by atoms with E-state index >= 15 is 0 Å². The first kappa shape index (κ1) is 13.6. The van der Waals surface area contributed by atoms with Gasteiger partial charge in [-0.3, -0.25) is 4.99 Å². The molecule has 1 aliphatic rings. The van der Waals surface area contributed by atoms with Crippen LogP contribution in [0.25, 0.3) is 0 Å². The first-order valence-electron chi connectivity index (χ1n) is 6.57. The number of guanidine groups is 1. The van der Waals surface area contributed by atoms with Gasteiger partial charge in [-0.05, 0) is 30.5 Å². The fourth-order valence-corrected chi connectivity index (χ4v) is 2.41. The van der Waals surface area contributed by atoms with E-state index in [1.807, 2.05) is 12.1 Å². The van der Waals surface area contributed by atoms with E-state index in [1.54, 1.807) is 6.08 Å². The van der Waals surface area contributed by atoms with Gasteiger partial charge < -0.3 is 11.1 Å². The van der Waals surface area contributed by atoms with Crippen molar-refractivity contribution in [3.05, 3.63) is 48.3 Å². The fourth-order valence-electron chi connectivity index (χ4n) is 2.41. The van der Waals surface area contributed by atoms with E-state index in [0.29, 0.717) is 19.0 Å². The molecule has 102 valence electrons. The highest BCUT2D eigenvalue weighted by atomic mass is 19.1. The second-order valence-corrected chi connectivity index (χ2v) is 5.01. The molecule has 0 atom stereocenters. The number of nitrogens with two attached hydrogens (primary N) is 1. The topological polar surface area (TPSA) is 50.4 Å². The fraction of sp³-hybridized carbons (Fsp3) is 0.400. The lowest BCUT2D eigenvalue weighted by molar-refractivity contribution is 0.253. The first-order chi connectivity index (χ1) is 9.16. The molecule has 1 fully saturated rings. The zero-order valence-electron chi connectivity index (χ0n) is 11.0. The van der Waals surface area contributed by atoms with Gasteiger partial charge in [0, 0.05) is 12.0 Å². The maximum atomic E-state index is 13.0. The van der Waals surface area contributed by atoms with Crippen LogP contribution in [0, 0.1) is 5.82 Å². The number of benzene rings is 1. The summed E-state index contributed by atoms with van der Waals surface area (Å²) in [5.74, 6) is 0.238. The largest absolute Gasteiger partial charge is 0.370 e. The van der Waals surface area contributed by atoms with E-state index < -0.39 is 0 Å². The van der Waals surface area contributed by atoms with E-state index in [9.17, 15) is 4.39 Å². The van der Waals surface area contributed by atoms with Gasteiger partial charge in [0.05, 0.1) is 6.54 Å². The summed E-state index contributed by atoms with van der Waals surface area (Å²) in [7, 11) is 0. The molecule has 1 aromatic rings. The minimum Gasteiger partial charge on any atom is -0.370 e. The molecule has 0 aromatic heterocycles. The Balaban J connectivity index is 2.06. The number of nitrogens with zero attached hydrogens (tertiary/aromatic N) is 1. The van der Waals surface area contributed by atoms with E-state index in [0.717, 1.165) is 18.4 Å². The Hall–Kier alpha value is -1.84. The van der Waals surface area contributed by atoms with Gasteiger partial charge in [0.1, 0.15) is 5.82 Å². The number of hydrogen-bond donors (Lipinski definition) is 2. The average molecular weight is 261 g/mol. The highest BCUT2D eigenvalue weighted by Crippen LogP contribution is 2.43. The van der Waals surface area contributed by atoms with Crippen LogP contribution in [0.3, 0.4) is 0 Å². The summed E-state index contributed by atoms with van der Waals surface area (Å²) in [4.78, 5) is 4.40. The summed E-state index contributed by atoms with van der Waals surface area (Å²) in [5.41, 5.74) is 6.97.